The molecule has 1 fully saturated rings. The molecule has 1 aliphatic heterocycles. The van der Waals surface area contributed by atoms with Crippen LogP contribution in [-0.4, -0.2) is 39.6 Å². The highest BCUT2D eigenvalue weighted by molar-refractivity contribution is 9.10. The summed E-state index contributed by atoms with van der Waals surface area (Å²) in [7, 11) is -3.65. The lowest BCUT2D eigenvalue weighted by molar-refractivity contribution is -0.117. The molecule has 0 aromatic heterocycles. The monoisotopic (exact) mass is 493 g/mol. The minimum absolute atomic E-state index is 0.100. The average Bonchev–Trinajstić information content (AvgIpc) is 3.07. The summed E-state index contributed by atoms with van der Waals surface area (Å²) < 4.78 is 26.5. The first kappa shape index (κ1) is 22.3. The van der Waals surface area contributed by atoms with Crippen molar-refractivity contribution in [2.24, 2.45) is 0 Å². The van der Waals surface area contributed by atoms with Crippen LogP contribution in [0.4, 0.5) is 17.1 Å². The Hall–Kier alpha value is -2.39. The Bertz CT molecular complexity index is 1100. The molecule has 0 saturated carbocycles. The Labute approximate surface area is 185 Å². The van der Waals surface area contributed by atoms with Gasteiger partial charge in [-0.25, -0.2) is 8.42 Å². The van der Waals surface area contributed by atoms with Crippen molar-refractivity contribution in [2.75, 3.05) is 33.9 Å². The first-order valence-electron chi connectivity index (χ1n) is 9.51. The molecule has 0 spiro atoms. The Balaban J connectivity index is 1.76. The maximum Gasteiger partial charge on any atom is 0.245 e. The van der Waals surface area contributed by atoms with Crippen molar-refractivity contribution in [1.29, 1.82) is 0 Å². The molecule has 0 unspecified atom stereocenters. The maximum absolute atomic E-state index is 12.6. The molecule has 1 heterocycles. The number of rotatable bonds is 6. The number of anilines is 3. The van der Waals surface area contributed by atoms with Crippen molar-refractivity contribution in [1.82, 2.24) is 0 Å². The van der Waals surface area contributed by atoms with Crippen molar-refractivity contribution in [3.63, 3.8) is 0 Å². The largest absolute Gasteiger partial charge is 0.325 e. The summed E-state index contributed by atoms with van der Waals surface area (Å²) in [5, 5.41) is 2.75. The minimum atomic E-state index is -3.65. The van der Waals surface area contributed by atoms with E-state index in [2.05, 4.69) is 21.2 Å². The molecule has 1 aliphatic rings. The third-order valence-electron chi connectivity index (χ3n) is 4.96. The molecule has 0 atom stereocenters. The fraction of sp³-hybridized carbons (Fsp3) is 0.333. The van der Waals surface area contributed by atoms with Crippen LogP contribution in [-0.2, 0) is 19.6 Å². The summed E-state index contributed by atoms with van der Waals surface area (Å²) in [6.07, 6.45) is 2.46. The van der Waals surface area contributed by atoms with E-state index in [1.807, 2.05) is 13.8 Å². The molecule has 9 heteroatoms. The maximum atomic E-state index is 12.6. The number of carbonyl (C=O) groups excluding carboxylic acids is 2. The van der Waals surface area contributed by atoms with Crippen LogP contribution in [0.3, 0.4) is 0 Å². The molecule has 7 nitrogen and oxygen atoms in total. The van der Waals surface area contributed by atoms with Gasteiger partial charge in [0, 0.05) is 28.8 Å². The number of carbonyl (C=O) groups is 2. The molecule has 0 bridgehead atoms. The van der Waals surface area contributed by atoms with Crippen LogP contribution in [0.1, 0.15) is 24.0 Å². The van der Waals surface area contributed by atoms with E-state index in [1.165, 1.54) is 0 Å². The zero-order valence-corrected chi connectivity index (χ0v) is 19.5. The predicted octanol–water partition coefficient (Wildman–Crippen LogP) is 3.60. The quantitative estimate of drug-likeness (QED) is 0.665. The summed E-state index contributed by atoms with van der Waals surface area (Å²) in [5.74, 6) is -0.353. The number of benzene rings is 2. The van der Waals surface area contributed by atoms with Crippen molar-refractivity contribution >= 4 is 54.8 Å². The summed E-state index contributed by atoms with van der Waals surface area (Å²) in [5.41, 5.74) is 3.54. The molecular weight excluding hydrogens is 470 g/mol. The molecule has 3 rings (SSSR count). The van der Waals surface area contributed by atoms with E-state index in [9.17, 15) is 18.0 Å². The van der Waals surface area contributed by atoms with Crippen molar-refractivity contribution in [2.45, 2.75) is 26.7 Å². The van der Waals surface area contributed by atoms with E-state index < -0.39 is 15.9 Å². The topological polar surface area (TPSA) is 86.8 Å². The number of hydrogen-bond donors (Lipinski definition) is 1. The SMILES string of the molecule is Cc1cc(N(CC(=O)Nc2ccc(N3CCCC3=O)c(C)c2)S(C)(=O)=O)ccc1Br. The number of hydrogen-bond acceptors (Lipinski definition) is 4. The molecule has 30 heavy (non-hydrogen) atoms. The molecule has 1 N–H and O–H groups in total. The Morgan fingerprint density at radius 1 is 1.17 bits per heavy atom. The van der Waals surface area contributed by atoms with Crippen LogP contribution in [0, 0.1) is 13.8 Å². The zero-order chi connectivity index (χ0) is 22.1. The average molecular weight is 494 g/mol. The van der Waals surface area contributed by atoms with Gasteiger partial charge < -0.3 is 10.2 Å². The van der Waals surface area contributed by atoms with Gasteiger partial charge in [-0.2, -0.15) is 0 Å². The Morgan fingerprint density at radius 3 is 2.47 bits per heavy atom. The molecule has 2 aromatic rings. The van der Waals surface area contributed by atoms with Gasteiger partial charge in [0.2, 0.25) is 21.8 Å². The van der Waals surface area contributed by atoms with Crippen molar-refractivity contribution in [3.05, 3.63) is 52.0 Å². The van der Waals surface area contributed by atoms with Gasteiger partial charge in [0.1, 0.15) is 6.54 Å². The number of sulfonamides is 1. The number of halogens is 1. The highest BCUT2D eigenvalue weighted by atomic mass is 79.9. The zero-order valence-electron chi connectivity index (χ0n) is 17.1. The molecule has 2 aromatic carbocycles. The van der Waals surface area contributed by atoms with Crippen LogP contribution in [0.2, 0.25) is 0 Å². The van der Waals surface area contributed by atoms with Crippen molar-refractivity contribution < 1.29 is 18.0 Å². The predicted molar refractivity (Wildman–Crippen MR) is 122 cm³/mol. The second-order valence-electron chi connectivity index (χ2n) is 7.40. The van der Waals surface area contributed by atoms with E-state index in [0.717, 1.165) is 38.3 Å². The highest BCUT2D eigenvalue weighted by Crippen LogP contribution is 2.28. The van der Waals surface area contributed by atoms with Crippen LogP contribution >= 0.6 is 15.9 Å². The third kappa shape index (κ3) is 5.02. The van der Waals surface area contributed by atoms with Crippen LogP contribution in [0.25, 0.3) is 0 Å². The molecule has 0 aliphatic carbocycles. The van der Waals surface area contributed by atoms with Crippen LogP contribution in [0.5, 0.6) is 0 Å². The van der Waals surface area contributed by atoms with Gasteiger partial charge in [-0.15, -0.1) is 0 Å². The minimum Gasteiger partial charge on any atom is -0.325 e. The molecule has 2 amide bonds. The van der Waals surface area contributed by atoms with E-state index in [0.29, 0.717) is 24.3 Å². The summed E-state index contributed by atoms with van der Waals surface area (Å²) in [4.78, 5) is 26.3. The first-order chi connectivity index (χ1) is 14.1. The van der Waals surface area contributed by atoms with Gasteiger partial charge in [0.15, 0.2) is 0 Å². The molecular formula is C21H24BrN3O4S. The summed E-state index contributed by atoms with van der Waals surface area (Å²) in [6.45, 7) is 4.08. The van der Waals surface area contributed by atoms with Crippen LogP contribution in [0.15, 0.2) is 40.9 Å². The van der Waals surface area contributed by atoms with Crippen molar-refractivity contribution in [3.8, 4) is 0 Å². The van der Waals surface area contributed by atoms with Gasteiger partial charge >= 0.3 is 0 Å². The first-order valence-corrected chi connectivity index (χ1v) is 12.1. The number of nitrogens with one attached hydrogen (secondary N) is 1. The number of nitrogens with zero attached hydrogens (tertiary/aromatic N) is 2. The highest BCUT2D eigenvalue weighted by Gasteiger charge is 2.24. The second-order valence-corrected chi connectivity index (χ2v) is 10.2. The second kappa shape index (κ2) is 8.77. The lowest BCUT2D eigenvalue weighted by Gasteiger charge is -2.23. The Kier molecular flexibility index (Phi) is 6.52. The summed E-state index contributed by atoms with van der Waals surface area (Å²) in [6, 6.07) is 10.4. The van der Waals surface area contributed by atoms with Gasteiger partial charge in [0.25, 0.3) is 0 Å². The molecule has 0 radical (unpaired) electrons. The van der Waals surface area contributed by atoms with Gasteiger partial charge in [0.05, 0.1) is 11.9 Å². The van der Waals surface area contributed by atoms with E-state index >= 15 is 0 Å². The number of aryl methyl sites for hydroxylation is 2. The lowest BCUT2D eigenvalue weighted by Crippen LogP contribution is -2.37. The fourth-order valence-electron chi connectivity index (χ4n) is 3.45. The summed E-state index contributed by atoms with van der Waals surface area (Å²) >= 11 is 3.39. The van der Waals surface area contributed by atoms with Gasteiger partial charge in [-0.05, 0) is 67.8 Å². The van der Waals surface area contributed by atoms with Crippen LogP contribution < -0.4 is 14.5 Å². The lowest BCUT2D eigenvalue weighted by atomic mass is 10.1. The molecule has 160 valence electrons. The van der Waals surface area contributed by atoms with E-state index in [1.54, 1.807) is 41.3 Å². The molecule has 1 saturated heterocycles. The number of amides is 2. The van der Waals surface area contributed by atoms with Gasteiger partial charge in [-0.3, -0.25) is 13.9 Å². The van der Waals surface area contributed by atoms with E-state index in [-0.39, 0.29) is 12.5 Å². The van der Waals surface area contributed by atoms with E-state index in [4.69, 9.17) is 0 Å². The van der Waals surface area contributed by atoms with Gasteiger partial charge in [-0.1, -0.05) is 15.9 Å². The fourth-order valence-corrected chi connectivity index (χ4v) is 4.55. The standard InChI is InChI=1S/C21H24BrN3O4S/c1-14-12-17(7-8-18(14)22)25(30(3,28)29)13-20(26)23-16-6-9-19(15(2)11-16)24-10-4-5-21(24)27/h6-9,11-12H,4-5,10,13H2,1-3H3,(H,23,26). The third-order valence-corrected chi connectivity index (χ3v) is 6.99. The normalized spacial score (nSPS) is 14.1. The smallest absolute Gasteiger partial charge is 0.245 e. The Morgan fingerprint density at radius 2 is 1.90 bits per heavy atom.